The lowest BCUT2D eigenvalue weighted by Crippen LogP contribution is -2.50. The zero-order valence-corrected chi connectivity index (χ0v) is 21.7. The van der Waals surface area contributed by atoms with Crippen LogP contribution >= 0.6 is 22.9 Å². The highest BCUT2D eigenvalue weighted by atomic mass is 35.5. The first-order valence-corrected chi connectivity index (χ1v) is 14.2. The number of benzene rings is 1. The number of sulfonamides is 1. The van der Waals surface area contributed by atoms with E-state index in [1.165, 1.54) is 32.5 Å². The number of hydrogen-bond acceptors (Lipinski definition) is 8. The molecule has 5 rings (SSSR count). The number of anilines is 2. The lowest BCUT2D eigenvalue weighted by molar-refractivity contribution is 0.122. The van der Waals surface area contributed by atoms with Crippen LogP contribution in [0.2, 0.25) is 5.02 Å². The first kappa shape index (κ1) is 25.2. The van der Waals surface area contributed by atoms with E-state index in [1.807, 2.05) is 9.80 Å². The van der Waals surface area contributed by atoms with Crippen LogP contribution in [0.15, 0.2) is 50.9 Å². The normalized spacial score (nSPS) is 17.5. The Bertz CT molecular complexity index is 1370. The third-order valence-corrected chi connectivity index (χ3v) is 9.99. The zero-order chi connectivity index (χ0) is 25.3. The van der Waals surface area contributed by atoms with E-state index < -0.39 is 15.8 Å². The van der Waals surface area contributed by atoms with Crippen molar-refractivity contribution in [2.45, 2.75) is 10.8 Å². The minimum absolute atomic E-state index is 0.102. The van der Waals surface area contributed by atoms with Gasteiger partial charge in [-0.1, -0.05) is 23.7 Å². The van der Waals surface area contributed by atoms with Crippen LogP contribution < -0.4 is 15.4 Å². The summed E-state index contributed by atoms with van der Waals surface area (Å²) >= 11 is 7.39. The molecule has 2 aromatic heterocycles. The SMILES string of the molecule is O=c1c(N2CCOCC2)c(N2CCN(S(=O)(=O)c3cccs3)CC2)cnn1Cc1c(F)cccc1Cl. The Labute approximate surface area is 217 Å². The van der Waals surface area contributed by atoms with Crippen molar-refractivity contribution in [1.29, 1.82) is 0 Å². The standard InChI is InChI=1S/C23H25ClFN5O4S2/c24-18-3-1-4-19(25)17(18)16-30-23(31)22(28-10-12-34-13-11-28)20(15-26-30)27-6-8-29(9-7-27)36(32,33)21-5-2-14-35-21/h1-5,14-15H,6-13,16H2. The second kappa shape index (κ2) is 10.5. The van der Waals surface area contributed by atoms with E-state index in [0.29, 0.717) is 55.0 Å². The van der Waals surface area contributed by atoms with Gasteiger partial charge in [-0.2, -0.15) is 9.40 Å². The molecule has 4 heterocycles. The summed E-state index contributed by atoms with van der Waals surface area (Å²) in [6, 6.07) is 7.71. The van der Waals surface area contributed by atoms with Crippen molar-refractivity contribution in [2.24, 2.45) is 0 Å². The molecule has 192 valence electrons. The van der Waals surface area contributed by atoms with Gasteiger partial charge in [0, 0.05) is 49.9 Å². The van der Waals surface area contributed by atoms with Gasteiger partial charge in [-0.05, 0) is 23.6 Å². The minimum atomic E-state index is -3.54. The van der Waals surface area contributed by atoms with Crippen molar-refractivity contribution in [2.75, 3.05) is 62.3 Å². The van der Waals surface area contributed by atoms with Gasteiger partial charge in [-0.15, -0.1) is 11.3 Å². The highest BCUT2D eigenvalue weighted by molar-refractivity contribution is 7.91. The Morgan fingerprint density at radius 3 is 2.44 bits per heavy atom. The Morgan fingerprint density at radius 1 is 1.03 bits per heavy atom. The van der Waals surface area contributed by atoms with Gasteiger partial charge in [0.2, 0.25) is 0 Å². The van der Waals surface area contributed by atoms with E-state index in [-0.39, 0.29) is 35.8 Å². The Hall–Kier alpha value is -2.51. The number of ether oxygens (including phenoxy) is 1. The van der Waals surface area contributed by atoms with Crippen LogP contribution in [-0.4, -0.2) is 75.0 Å². The Morgan fingerprint density at radius 2 is 1.78 bits per heavy atom. The molecule has 0 bridgehead atoms. The number of rotatable bonds is 6. The van der Waals surface area contributed by atoms with Crippen molar-refractivity contribution in [3.63, 3.8) is 0 Å². The lowest BCUT2D eigenvalue weighted by atomic mass is 10.2. The molecule has 0 unspecified atom stereocenters. The summed E-state index contributed by atoms with van der Waals surface area (Å²) in [6.45, 7) is 3.31. The van der Waals surface area contributed by atoms with Crippen molar-refractivity contribution >= 4 is 44.3 Å². The van der Waals surface area contributed by atoms with Gasteiger partial charge in [-0.25, -0.2) is 17.5 Å². The van der Waals surface area contributed by atoms with Gasteiger partial charge in [0.05, 0.1) is 31.6 Å². The summed E-state index contributed by atoms with van der Waals surface area (Å²) in [5, 5.41) is 6.31. The summed E-state index contributed by atoms with van der Waals surface area (Å²) in [6.07, 6.45) is 1.60. The molecule has 0 atom stereocenters. The quantitative estimate of drug-likeness (QED) is 0.463. The average molecular weight is 554 g/mol. The van der Waals surface area contributed by atoms with Crippen LogP contribution in [0.25, 0.3) is 0 Å². The van der Waals surface area contributed by atoms with E-state index in [4.69, 9.17) is 16.3 Å². The zero-order valence-electron chi connectivity index (χ0n) is 19.3. The maximum atomic E-state index is 14.4. The molecule has 0 aliphatic carbocycles. The fourth-order valence-electron chi connectivity index (χ4n) is 4.44. The number of aromatic nitrogens is 2. The second-order valence-corrected chi connectivity index (χ2v) is 12.0. The molecule has 0 N–H and O–H groups in total. The molecule has 2 fully saturated rings. The van der Waals surface area contributed by atoms with Crippen LogP contribution in [0.4, 0.5) is 15.8 Å². The Kier molecular flexibility index (Phi) is 7.31. The van der Waals surface area contributed by atoms with Crippen molar-refractivity contribution in [3.8, 4) is 0 Å². The number of thiophene rings is 1. The van der Waals surface area contributed by atoms with Gasteiger partial charge >= 0.3 is 0 Å². The monoisotopic (exact) mass is 553 g/mol. The average Bonchev–Trinajstić information content (AvgIpc) is 3.44. The maximum Gasteiger partial charge on any atom is 0.292 e. The van der Waals surface area contributed by atoms with E-state index in [9.17, 15) is 17.6 Å². The fourth-order valence-corrected chi connectivity index (χ4v) is 7.23. The molecule has 0 saturated carbocycles. The van der Waals surface area contributed by atoms with Crippen LogP contribution in [0.3, 0.4) is 0 Å². The molecular formula is C23H25ClFN5O4S2. The number of halogens is 2. The number of morpholine rings is 1. The van der Waals surface area contributed by atoms with E-state index >= 15 is 0 Å². The summed E-state index contributed by atoms with van der Waals surface area (Å²) in [5.74, 6) is -0.503. The predicted molar refractivity (Wildman–Crippen MR) is 137 cm³/mol. The summed E-state index contributed by atoms with van der Waals surface area (Å²) in [4.78, 5) is 17.6. The van der Waals surface area contributed by atoms with Crippen LogP contribution in [0.1, 0.15) is 5.56 Å². The molecule has 9 nitrogen and oxygen atoms in total. The third kappa shape index (κ3) is 4.88. The molecular weight excluding hydrogens is 529 g/mol. The molecule has 0 amide bonds. The molecule has 3 aromatic rings. The fraction of sp³-hybridized carbons (Fsp3) is 0.391. The molecule has 1 aromatic carbocycles. The van der Waals surface area contributed by atoms with Crippen LogP contribution in [0, 0.1) is 5.82 Å². The molecule has 2 aliphatic heterocycles. The predicted octanol–water partition coefficient (Wildman–Crippen LogP) is 2.49. The molecule has 0 radical (unpaired) electrons. The van der Waals surface area contributed by atoms with Gasteiger partial charge in [0.1, 0.15) is 15.7 Å². The second-order valence-electron chi connectivity index (χ2n) is 8.46. The lowest BCUT2D eigenvalue weighted by Gasteiger charge is -2.38. The summed E-state index contributed by atoms with van der Waals surface area (Å²) in [5.41, 5.74) is 0.922. The molecule has 13 heteroatoms. The van der Waals surface area contributed by atoms with Gasteiger partial charge in [-0.3, -0.25) is 4.79 Å². The number of nitrogens with zero attached hydrogens (tertiary/aromatic N) is 5. The third-order valence-electron chi connectivity index (χ3n) is 6.36. The summed E-state index contributed by atoms with van der Waals surface area (Å²) in [7, 11) is -3.54. The number of piperazine rings is 1. The molecule has 0 spiro atoms. The first-order valence-electron chi connectivity index (χ1n) is 11.5. The van der Waals surface area contributed by atoms with Gasteiger partial charge < -0.3 is 14.5 Å². The van der Waals surface area contributed by atoms with Crippen molar-refractivity contribution in [1.82, 2.24) is 14.1 Å². The minimum Gasteiger partial charge on any atom is -0.378 e. The smallest absolute Gasteiger partial charge is 0.292 e. The van der Waals surface area contributed by atoms with Crippen LogP contribution in [-0.2, 0) is 21.3 Å². The molecule has 2 aliphatic rings. The highest BCUT2D eigenvalue weighted by Gasteiger charge is 2.32. The van der Waals surface area contributed by atoms with Crippen molar-refractivity contribution < 1.29 is 17.5 Å². The van der Waals surface area contributed by atoms with E-state index in [1.54, 1.807) is 29.8 Å². The maximum absolute atomic E-state index is 14.4. The van der Waals surface area contributed by atoms with E-state index in [0.717, 1.165) is 0 Å². The van der Waals surface area contributed by atoms with Crippen LogP contribution in [0.5, 0.6) is 0 Å². The largest absolute Gasteiger partial charge is 0.378 e. The highest BCUT2D eigenvalue weighted by Crippen LogP contribution is 2.29. The molecule has 2 saturated heterocycles. The van der Waals surface area contributed by atoms with E-state index in [2.05, 4.69) is 5.10 Å². The van der Waals surface area contributed by atoms with Gasteiger partial charge in [0.15, 0.2) is 0 Å². The van der Waals surface area contributed by atoms with Gasteiger partial charge in [0.25, 0.3) is 15.6 Å². The number of hydrogen-bond donors (Lipinski definition) is 0. The summed E-state index contributed by atoms with van der Waals surface area (Å²) < 4.78 is 48.7. The topological polar surface area (TPSA) is 88.0 Å². The van der Waals surface area contributed by atoms with Crippen molar-refractivity contribution in [3.05, 3.63) is 68.7 Å². The first-order chi connectivity index (χ1) is 17.4. The Balaban J connectivity index is 1.44. The molecule has 36 heavy (non-hydrogen) atoms.